The Kier molecular flexibility index (Phi) is 3.60. The zero-order valence-corrected chi connectivity index (χ0v) is 7.47. The first-order valence-corrected chi connectivity index (χ1v) is 3.88. The second-order valence-corrected chi connectivity index (χ2v) is 2.42. The first-order chi connectivity index (χ1) is 6.74. The lowest BCUT2D eigenvalue weighted by atomic mass is 10.3. The van der Waals surface area contributed by atoms with E-state index in [9.17, 15) is 9.59 Å². The zero-order chi connectivity index (χ0) is 10.4. The molecule has 0 aliphatic carbocycles. The van der Waals surface area contributed by atoms with Gasteiger partial charge in [0.25, 0.3) is 0 Å². The molecule has 73 valence electrons. The summed E-state index contributed by atoms with van der Waals surface area (Å²) in [5, 5.41) is 0. The Bertz CT molecular complexity index is 312. The fraction of sp³-hybridized carbons (Fsp3) is 0.222. The molecule has 1 heterocycles. The van der Waals surface area contributed by atoms with Crippen molar-refractivity contribution in [1.29, 1.82) is 0 Å². The van der Waals surface area contributed by atoms with Crippen molar-refractivity contribution in [2.75, 3.05) is 0 Å². The van der Waals surface area contributed by atoms with Crippen LogP contribution in [-0.4, -0.2) is 23.7 Å². The molecule has 5 heteroatoms. The van der Waals surface area contributed by atoms with E-state index in [1.54, 1.807) is 12.1 Å². The van der Waals surface area contributed by atoms with Gasteiger partial charge in [0.1, 0.15) is 0 Å². The van der Waals surface area contributed by atoms with Gasteiger partial charge in [-0.3, -0.25) is 4.98 Å². The molecule has 0 fully saturated rings. The van der Waals surface area contributed by atoms with Crippen molar-refractivity contribution in [3.05, 3.63) is 30.1 Å². The largest absolute Gasteiger partial charge is 0.422 e. The highest BCUT2D eigenvalue weighted by atomic mass is 16.7. The highest BCUT2D eigenvalue weighted by molar-refractivity contribution is 5.88. The zero-order valence-electron chi connectivity index (χ0n) is 7.47. The molecule has 0 amide bonds. The molecule has 14 heavy (non-hydrogen) atoms. The second-order valence-electron chi connectivity index (χ2n) is 2.42. The van der Waals surface area contributed by atoms with Crippen molar-refractivity contribution < 1.29 is 19.1 Å². The lowest BCUT2D eigenvalue weighted by Gasteiger charge is -2.09. The minimum atomic E-state index is -0.944. The minimum absolute atomic E-state index is 0.300. The lowest BCUT2D eigenvalue weighted by molar-refractivity contribution is -0.0448. The molecule has 0 saturated carbocycles. The van der Waals surface area contributed by atoms with E-state index >= 15 is 0 Å². The smallest absolute Gasteiger partial charge is 0.420 e. The summed E-state index contributed by atoms with van der Waals surface area (Å²) in [6.07, 6.45) is 1.95. The van der Waals surface area contributed by atoms with Gasteiger partial charge in [-0.1, -0.05) is 0 Å². The molecule has 0 aliphatic heterocycles. The molecule has 1 aromatic heterocycles. The molecule has 0 spiro atoms. The number of esters is 1. The van der Waals surface area contributed by atoms with Gasteiger partial charge in [0.2, 0.25) is 6.29 Å². The van der Waals surface area contributed by atoms with Gasteiger partial charge in [-0.25, -0.2) is 9.59 Å². The maximum absolute atomic E-state index is 11.3. The summed E-state index contributed by atoms with van der Waals surface area (Å²) >= 11 is 0. The molecule has 1 rings (SSSR count). The molecule has 0 aromatic carbocycles. The molecule has 1 atom stereocenters. The van der Waals surface area contributed by atoms with Crippen LogP contribution in [0.3, 0.4) is 0 Å². The van der Waals surface area contributed by atoms with Crippen molar-refractivity contribution in [1.82, 2.24) is 4.98 Å². The minimum Gasteiger partial charge on any atom is -0.422 e. The van der Waals surface area contributed by atoms with Gasteiger partial charge in [-0.2, -0.15) is 0 Å². The molecule has 1 unspecified atom stereocenters. The van der Waals surface area contributed by atoms with Gasteiger partial charge < -0.3 is 9.47 Å². The van der Waals surface area contributed by atoms with Crippen LogP contribution in [0.15, 0.2) is 24.5 Å². The Morgan fingerprint density at radius 1 is 1.64 bits per heavy atom. The van der Waals surface area contributed by atoms with Crippen LogP contribution in [0, 0.1) is 0 Å². The van der Waals surface area contributed by atoms with Crippen molar-refractivity contribution in [2.24, 2.45) is 0 Å². The summed E-state index contributed by atoms with van der Waals surface area (Å²) in [7, 11) is 0. The summed E-state index contributed by atoms with van der Waals surface area (Å²) in [5.74, 6) is -0.596. The van der Waals surface area contributed by atoms with Crippen LogP contribution in [0.4, 0.5) is 0 Å². The highest BCUT2D eigenvalue weighted by Crippen LogP contribution is 2.02. The average molecular weight is 194 g/mol. The van der Waals surface area contributed by atoms with Crippen LogP contribution in [-0.2, 0) is 14.3 Å². The monoisotopic (exact) mass is 194 g/mol. The van der Waals surface area contributed by atoms with Crippen LogP contribution in [0.2, 0.25) is 0 Å². The number of ether oxygens (including phenoxy) is 2. The van der Waals surface area contributed by atoms with Crippen LogP contribution < -0.4 is 0 Å². The van der Waals surface area contributed by atoms with Crippen molar-refractivity contribution in [3.8, 4) is 0 Å². The van der Waals surface area contributed by atoms with E-state index in [1.165, 1.54) is 25.8 Å². The lowest BCUT2D eigenvalue weighted by Crippen LogP contribution is -2.17. The Labute approximate surface area is 80.7 Å². The number of hydrogen-bond acceptors (Lipinski definition) is 5. The number of aromatic nitrogens is 1. The fourth-order valence-electron chi connectivity index (χ4n) is 0.794. The van der Waals surface area contributed by atoms with E-state index in [1.807, 2.05) is 0 Å². The number of pyridine rings is 1. The predicted molar refractivity (Wildman–Crippen MR) is 45.9 cm³/mol. The van der Waals surface area contributed by atoms with Crippen molar-refractivity contribution in [2.45, 2.75) is 13.2 Å². The average Bonchev–Trinajstić information content (AvgIpc) is 2.19. The quantitative estimate of drug-likeness (QED) is 0.520. The number of nitrogens with zero attached hydrogens (tertiary/aromatic N) is 1. The molecule has 0 saturated heterocycles. The highest BCUT2D eigenvalue weighted by Gasteiger charge is 2.11. The second kappa shape index (κ2) is 4.96. The summed E-state index contributed by atoms with van der Waals surface area (Å²) in [6, 6.07) is 3.15. The summed E-state index contributed by atoms with van der Waals surface area (Å²) in [4.78, 5) is 24.8. The van der Waals surface area contributed by atoms with Crippen molar-refractivity contribution >= 4 is 12.4 Å². The van der Waals surface area contributed by atoms with Crippen LogP contribution in [0.25, 0.3) is 0 Å². The number of carbonyl (C=O) groups excluding carboxylic acids is 2. The predicted octanol–water partition coefficient (Wildman–Crippen LogP) is 0.668. The van der Waals surface area contributed by atoms with Crippen LogP contribution in [0.1, 0.15) is 17.3 Å². The number of rotatable bonds is 4. The van der Waals surface area contributed by atoms with Gasteiger partial charge in [-0.15, -0.1) is 0 Å². The van der Waals surface area contributed by atoms with Gasteiger partial charge in [-0.05, 0) is 12.1 Å². The SMILES string of the molecule is CC(O[C]=O)OC(=O)c1cccnc1. The first-order valence-electron chi connectivity index (χ1n) is 3.88. The van der Waals surface area contributed by atoms with E-state index < -0.39 is 12.3 Å². The van der Waals surface area contributed by atoms with E-state index in [4.69, 9.17) is 4.74 Å². The van der Waals surface area contributed by atoms with Gasteiger partial charge in [0, 0.05) is 19.3 Å². The Balaban J connectivity index is 2.55. The topological polar surface area (TPSA) is 65.5 Å². The molecular formula is C9H8NO4. The van der Waals surface area contributed by atoms with Crippen LogP contribution in [0.5, 0.6) is 0 Å². The summed E-state index contributed by atoms with van der Waals surface area (Å²) in [6.45, 7) is 2.60. The first kappa shape index (κ1) is 10.2. The van der Waals surface area contributed by atoms with Gasteiger partial charge in [0.15, 0.2) is 0 Å². The third kappa shape index (κ3) is 2.85. The van der Waals surface area contributed by atoms with Gasteiger partial charge >= 0.3 is 12.4 Å². The van der Waals surface area contributed by atoms with E-state index in [2.05, 4.69) is 9.72 Å². The number of hydrogen-bond donors (Lipinski definition) is 0. The Morgan fingerprint density at radius 2 is 2.43 bits per heavy atom. The normalized spacial score (nSPS) is 11.5. The molecule has 1 aromatic rings. The Hall–Kier alpha value is -1.91. The third-order valence-electron chi connectivity index (χ3n) is 1.38. The molecule has 0 aliphatic rings. The summed E-state index contributed by atoms with van der Waals surface area (Å²) < 4.78 is 8.98. The van der Waals surface area contributed by atoms with Crippen LogP contribution >= 0.6 is 0 Å². The van der Waals surface area contributed by atoms with E-state index in [0.29, 0.717) is 5.56 Å². The molecule has 5 nitrogen and oxygen atoms in total. The standard InChI is InChI=1S/C9H8NO4/c1-7(13-6-11)14-9(12)8-3-2-4-10-5-8/h2-5,7H,1H3. The maximum Gasteiger partial charge on any atom is 0.420 e. The molecule has 1 radical (unpaired) electrons. The van der Waals surface area contributed by atoms with Crippen molar-refractivity contribution in [3.63, 3.8) is 0 Å². The fourth-order valence-corrected chi connectivity index (χ4v) is 0.794. The van der Waals surface area contributed by atoms with E-state index in [0.717, 1.165) is 0 Å². The number of carbonyl (C=O) groups is 1. The third-order valence-corrected chi connectivity index (χ3v) is 1.38. The van der Waals surface area contributed by atoms with E-state index in [-0.39, 0.29) is 0 Å². The molecule has 0 N–H and O–H groups in total. The molecular weight excluding hydrogens is 186 g/mol. The summed E-state index contributed by atoms with van der Waals surface area (Å²) in [5.41, 5.74) is 0.300. The van der Waals surface area contributed by atoms with Gasteiger partial charge in [0.05, 0.1) is 5.56 Å². The molecule has 0 bridgehead atoms. The Morgan fingerprint density at radius 3 is 3.00 bits per heavy atom. The maximum atomic E-state index is 11.3.